The SMILES string of the molecule is CC1CCCN(S(=O)(=O)c2cc(N)ccc2Cl)CC1. The van der Waals surface area contributed by atoms with Gasteiger partial charge in [0.25, 0.3) is 0 Å². The summed E-state index contributed by atoms with van der Waals surface area (Å²) in [6, 6.07) is 4.57. The van der Waals surface area contributed by atoms with Crippen LogP contribution in [0.1, 0.15) is 26.2 Å². The molecule has 0 amide bonds. The highest BCUT2D eigenvalue weighted by Gasteiger charge is 2.28. The van der Waals surface area contributed by atoms with E-state index in [-0.39, 0.29) is 9.92 Å². The lowest BCUT2D eigenvalue weighted by atomic mass is 10.0. The van der Waals surface area contributed by atoms with Crippen LogP contribution >= 0.6 is 11.6 Å². The van der Waals surface area contributed by atoms with Crippen LogP contribution in [-0.4, -0.2) is 25.8 Å². The smallest absolute Gasteiger partial charge is 0.244 e. The number of nitrogens with zero attached hydrogens (tertiary/aromatic N) is 1. The van der Waals surface area contributed by atoms with E-state index in [0.717, 1.165) is 19.3 Å². The van der Waals surface area contributed by atoms with Crippen molar-refractivity contribution < 1.29 is 8.42 Å². The van der Waals surface area contributed by atoms with E-state index in [4.69, 9.17) is 17.3 Å². The van der Waals surface area contributed by atoms with Crippen LogP contribution in [0.5, 0.6) is 0 Å². The molecule has 2 N–H and O–H groups in total. The molecule has 1 aromatic rings. The van der Waals surface area contributed by atoms with E-state index in [1.54, 1.807) is 6.07 Å². The van der Waals surface area contributed by atoms with Crippen molar-refractivity contribution in [3.05, 3.63) is 23.2 Å². The van der Waals surface area contributed by atoms with Gasteiger partial charge in [-0.15, -0.1) is 0 Å². The Morgan fingerprint density at radius 1 is 1.32 bits per heavy atom. The summed E-state index contributed by atoms with van der Waals surface area (Å²) < 4.78 is 26.7. The average molecular weight is 303 g/mol. The standard InChI is InChI=1S/C13H19ClN2O2S/c1-10-3-2-7-16(8-6-10)19(17,18)13-9-11(15)4-5-12(13)14/h4-5,9-10H,2-3,6-8,15H2,1H3. The minimum Gasteiger partial charge on any atom is -0.399 e. The normalized spacial score (nSPS) is 22.1. The molecule has 0 saturated carbocycles. The molecule has 19 heavy (non-hydrogen) atoms. The highest BCUT2D eigenvalue weighted by atomic mass is 35.5. The van der Waals surface area contributed by atoms with Gasteiger partial charge in [-0.2, -0.15) is 4.31 Å². The lowest BCUT2D eigenvalue weighted by molar-refractivity contribution is 0.417. The number of sulfonamides is 1. The first-order valence-electron chi connectivity index (χ1n) is 6.46. The van der Waals surface area contributed by atoms with E-state index in [9.17, 15) is 8.42 Å². The maximum Gasteiger partial charge on any atom is 0.244 e. The maximum atomic E-state index is 12.6. The van der Waals surface area contributed by atoms with Gasteiger partial charge in [-0.05, 0) is 43.4 Å². The Morgan fingerprint density at radius 3 is 2.79 bits per heavy atom. The first kappa shape index (κ1) is 14.6. The highest BCUT2D eigenvalue weighted by Crippen LogP contribution is 2.29. The summed E-state index contributed by atoms with van der Waals surface area (Å²) in [6.07, 6.45) is 2.84. The fourth-order valence-electron chi connectivity index (χ4n) is 2.33. The van der Waals surface area contributed by atoms with Gasteiger partial charge in [0.15, 0.2) is 0 Å². The number of hydrogen-bond acceptors (Lipinski definition) is 3. The van der Waals surface area contributed by atoms with Gasteiger partial charge in [0.2, 0.25) is 10.0 Å². The van der Waals surface area contributed by atoms with Gasteiger partial charge < -0.3 is 5.73 Å². The third-order valence-corrected chi connectivity index (χ3v) is 5.93. The Hall–Kier alpha value is -0.780. The number of nitrogen functional groups attached to an aromatic ring is 1. The largest absolute Gasteiger partial charge is 0.399 e. The summed E-state index contributed by atoms with van der Waals surface area (Å²) >= 11 is 6.01. The van der Waals surface area contributed by atoms with Crippen molar-refractivity contribution in [1.29, 1.82) is 0 Å². The van der Waals surface area contributed by atoms with E-state index in [1.807, 2.05) is 0 Å². The Balaban J connectivity index is 2.33. The van der Waals surface area contributed by atoms with Crippen LogP contribution in [0.15, 0.2) is 23.1 Å². The molecule has 2 rings (SSSR count). The number of benzene rings is 1. The zero-order valence-electron chi connectivity index (χ0n) is 11.0. The minimum absolute atomic E-state index is 0.115. The van der Waals surface area contributed by atoms with Crippen LogP contribution in [0.3, 0.4) is 0 Å². The van der Waals surface area contributed by atoms with E-state index in [2.05, 4.69) is 6.92 Å². The maximum absolute atomic E-state index is 12.6. The molecule has 0 aliphatic carbocycles. The van der Waals surface area contributed by atoms with Crippen LogP contribution < -0.4 is 5.73 Å². The molecule has 4 nitrogen and oxygen atoms in total. The summed E-state index contributed by atoms with van der Waals surface area (Å²) in [6.45, 7) is 3.26. The molecule has 106 valence electrons. The van der Waals surface area contributed by atoms with Gasteiger partial charge >= 0.3 is 0 Å². The summed E-state index contributed by atoms with van der Waals surface area (Å²) in [5.74, 6) is 0.566. The molecule has 0 bridgehead atoms. The molecule has 1 aliphatic rings. The molecule has 1 heterocycles. The number of halogens is 1. The van der Waals surface area contributed by atoms with Crippen LogP contribution in [0, 0.1) is 5.92 Å². The van der Waals surface area contributed by atoms with E-state index < -0.39 is 10.0 Å². The Labute approximate surface area is 119 Å². The van der Waals surface area contributed by atoms with E-state index in [1.165, 1.54) is 16.4 Å². The first-order chi connectivity index (χ1) is 8.91. The number of rotatable bonds is 2. The third kappa shape index (κ3) is 3.22. The van der Waals surface area contributed by atoms with Gasteiger partial charge in [0.1, 0.15) is 4.90 Å². The Morgan fingerprint density at radius 2 is 2.05 bits per heavy atom. The average Bonchev–Trinajstić information content (AvgIpc) is 2.57. The summed E-state index contributed by atoms with van der Waals surface area (Å²) in [7, 11) is -3.54. The van der Waals surface area contributed by atoms with Crippen molar-refractivity contribution in [2.45, 2.75) is 31.1 Å². The summed E-state index contributed by atoms with van der Waals surface area (Å²) in [5, 5.41) is 0.228. The second-order valence-electron chi connectivity index (χ2n) is 5.13. The molecular formula is C13H19ClN2O2S. The van der Waals surface area contributed by atoms with Crippen LogP contribution in [0.2, 0.25) is 5.02 Å². The predicted molar refractivity (Wildman–Crippen MR) is 77.6 cm³/mol. The molecule has 1 saturated heterocycles. The molecule has 0 aromatic heterocycles. The number of anilines is 1. The van der Waals surface area contributed by atoms with Crippen molar-refractivity contribution >= 4 is 27.3 Å². The Bertz CT molecular complexity index is 560. The summed E-state index contributed by atoms with van der Waals surface area (Å²) in [4.78, 5) is 0.115. The van der Waals surface area contributed by atoms with Gasteiger partial charge in [-0.3, -0.25) is 0 Å². The van der Waals surface area contributed by atoms with E-state index in [0.29, 0.717) is 24.7 Å². The molecule has 6 heteroatoms. The van der Waals surface area contributed by atoms with Crippen molar-refractivity contribution in [1.82, 2.24) is 4.31 Å². The number of hydrogen-bond donors (Lipinski definition) is 1. The fraction of sp³-hybridized carbons (Fsp3) is 0.538. The van der Waals surface area contributed by atoms with Gasteiger partial charge in [0.05, 0.1) is 5.02 Å². The molecule has 1 unspecified atom stereocenters. The topological polar surface area (TPSA) is 63.4 Å². The van der Waals surface area contributed by atoms with Gasteiger partial charge in [-0.25, -0.2) is 8.42 Å². The number of nitrogens with two attached hydrogens (primary N) is 1. The predicted octanol–water partition coefficient (Wildman–Crippen LogP) is 2.73. The lowest BCUT2D eigenvalue weighted by Gasteiger charge is -2.21. The monoisotopic (exact) mass is 302 g/mol. The van der Waals surface area contributed by atoms with Gasteiger partial charge in [0, 0.05) is 18.8 Å². The van der Waals surface area contributed by atoms with Crippen molar-refractivity contribution in [3.63, 3.8) is 0 Å². The quantitative estimate of drug-likeness (QED) is 0.854. The third-order valence-electron chi connectivity index (χ3n) is 3.55. The van der Waals surface area contributed by atoms with E-state index >= 15 is 0 Å². The van der Waals surface area contributed by atoms with Crippen LogP contribution in [-0.2, 0) is 10.0 Å². The highest BCUT2D eigenvalue weighted by molar-refractivity contribution is 7.89. The van der Waals surface area contributed by atoms with Crippen molar-refractivity contribution in [3.8, 4) is 0 Å². The molecule has 1 fully saturated rings. The van der Waals surface area contributed by atoms with Crippen LogP contribution in [0.4, 0.5) is 5.69 Å². The zero-order valence-corrected chi connectivity index (χ0v) is 12.5. The molecule has 0 radical (unpaired) electrons. The fourth-order valence-corrected chi connectivity index (χ4v) is 4.34. The minimum atomic E-state index is -3.54. The first-order valence-corrected chi connectivity index (χ1v) is 8.28. The van der Waals surface area contributed by atoms with Crippen LogP contribution in [0.25, 0.3) is 0 Å². The lowest BCUT2D eigenvalue weighted by Crippen LogP contribution is -2.32. The second-order valence-corrected chi connectivity index (χ2v) is 7.44. The van der Waals surface area contributed by atoms with Gasteiger partial charge in [-0.1, -0.05) is 18.5 Å². The molecular weight excluding hydrogens is 284 g/mol. The second kappa shape index (κ2) is 5.69. The molecule has 1 aromatic carbocycles. The molecule has 1 aliphatic heterocycles. The van der Waals surface area contributed by atoms with Crippen molar-refractivity contribution in [2.75, 3.05) is 18.8 Å². The zero-order chi connectivity index (χ0) is 14.0. The molecule has 1 atom stereocenters. The Kier molecular flexibility index (Phi) is 4.38. The van der Waals surface area contributed by atoms with Crippen molar-refractivity contribution in [2.24, 2.45) is 5.92 Å². The summed E-state index contributed by atoms with van der Waals surface area (Å²) in [5.41, 5.74) is 6.07. The molecule has 0 spiro atoms.